The third kappa shape index (κ3) is 6.06. The summed E-state index contributed by atoms with van der Waals surface area (Å²) >= 11 is 1.39. The molecule has 1 heterocycles. The Kier molecular flexibility index (Phi) is 7.26. The van der Waals surface area contributed by atoms with Crippen LogP contribution < -0.4 is 0 Å². The number of aryl methyl sites for hydroxylation is 1. The second-order valence-electron chi connectivity index (χ2n) is 4.72. The Labute approximate surface area is 133 Å². The van der Waals surface area contributed by atoms with E-state index in [4.69, 9.17) is 10.00 Å². The predicted octanol–water partition coefficient (Wildman–Crippen LogP) is 1.93. The highest BCUT2D eigenvalue weighted by Crippen LogP contribution is 2.17. The van der Waals surface area contributed by atoms with Crippen molar-refractivity contribution in [3.8, 4) is 6.07 Å². The molecule has 7 heteroatoms. The quantitative estimate of drug-likeness (QED) is 0.539. The van der Waals surface area contributed by atoms with Gasteiger partial charge in [0, 0.05) is 24.9 Å². The molecule has 1 amide bonds. The van der Waals surface area contributed by atoms with Crippen molar-refractivity contribution in [1.29, 1.82) is 5.26 Å². The summed E-state index contributed by atoms with van der Waals surface area (Å²) in [5.41, 5.74) is 0. The van der Waals surface area contributed by atoms with Crippen LogP contribution in [0.2, 0.25) is 0 Å². The minimum atomic E-state index is -0.580. The van der Waals surface area contributed by atoms with Crippen LogP contribution in [0.5, 0.6) is 0 Å². The summed E-state index contributed by atoms with van der Waals surface area (Å²) in [6.07, 6.45) is 0.243. The number of Topliss-reactive ketones (excluding diaryl/α,β-unsaturated/α-hetero) is 1. The number of nitrogens with zero attached hydrogens (tertiary/aromatic N) is 2. The fraction of sp³-hybridized carbons (Fsp3) is 0.467. The molecule has 0 atom stereocenters. The van der Waals surface area contributed by atoms with Gasteiger partial charge in [-0.25, -0.2) is 0 Å². The molecule has 0 saturated carbocycles. The molecule has 0 aliphatic rings. The molecule has 0 bridgehead atoms. The highest BCUT2D eigenvalue weighted by Gasteiger charge is 2.14. The molecular weight excluding hydrogens is 304 g/mol. The van der Waals surface area contributed by atoms with Crippen LogP contribution in [0.3, 0.4) is 0 Å². The third-order valence-electron chi connectivity index (χ3n) is 2.91. The van der Waals surface area contributed by atoms with Gasteiger partial charge in [0.1, 0.15) is 0 Å². The number of likely N-dealkylation sites (N-methyl/N-ethyl adjacent to an activating group) is 1. The van der Waals surface area contributed by atoms with Crippen LogP contribution in [0.15, 0.2) is 12.1 Å². The number of hydrogen-bond acceptors (Lipinski definition) is 6. The largest absolute Gasteiger partial charge is 0.456 e. The number of esters is 1. The van der Waals surface area contributed by atoms with Gasteiger partial charge in [-0.3, -0.25) is 14.4 Å². The number of nitriles is 1. The molecular formula is C15H18N2O4S. The van der Waals surface area contributed by atoms with E-state index in [1.165, 1.54) is 23.3 Å². The first-order valence-corrected chi connectivity index (χ1v) is 7.62. The zero-order chi connectivity index (χ0) is 16.5. The number of carbonyl (C=O) groups excluding carboxylic acids is 3. The molecule has 22 heavy (non-hydrogen) atoms. The van der Waals surface area contributed by atoms with E-state index < -0.39 is 5.97 Å². The first-order chi connectivity index (χ1) is 10.4. The molecule has 0 N–H and O–H groups in total. The fourth-order valence-corrected chi connectivity index (χ4v) is 2.43. The van der Waals surface area contributed by atoms with Crippen molar-refractivity contribution in [2.45, 2.75) is 26.2 Å². The van der Waals surface area contributed by atoms with Crippen molar-refractivity contribution in [3.63, 3.8) is 0 Å². The van der Waals surface area contributed by atoms with Crippen molar-refractivity contribution < 1.29 is 19.1 Å². The van der Waals surface area contributed by atoms with Crippen LogP contribution in [-0.4, -0.2) is 42.8 Å². The summed E-state index contributed by atoms with van der Waals surface area (Å²) in [7, 11) is 1.54. The maximum Gasteiger partial charge on any atom is 0.306 e. The van der Waals surface area contributed by atoms with Crippen LogP contribution in [0.1, 0.15) is 33.8 Å². The normalized spacial score (nSPS) is 9.86. The fourth-order valence-electron chi connectivity index (χ4n) is 1.59. The van der Waals surface area contributed by atoms with Gasteiger partial charge in [0.2, 0.25) is 0 Å². The summed E-state index contributed by atoms with van der Waals surface area (Å²) in [4.78, 5) is 37.9. The number of hydrogen-bond donors (Lipinski definition) is 0. The monoisotopic (exact) mass is 322 g/mol. The van der Waals surface area contributed by atoms with Crippen LogP contribution in [0, 0.1) is 18.3 Å². The first kappa shape index (κ1) is 17.9. The van der Waals surface area contributed by atoms with E-state index in [1.54, 1.807) is 6.07 Å². The Morgan fingerprint density at radius 3 is 2.64 bits per heavy atom. The SMILES string of the molecule is Cc1ccc(C(=O)CCC(=O)OCC(=O)N(C)CCC#N)s1. The lowest BCUT2D eigenvalue weighted by Crippen LogP contribution is -2.31. The molecule has 1 aromatic rings. The average molecular weight is 322 g/mol. The van der Waals surface area contributed by atoms with Crippen molar-refractivity contribution in [2.24, 2.45) is 0 Å². The maximum atomic E-state index is 11.8. The van der Waals surface area contributed by atoms with Crippen molar-refractivity contribution in [3.05, 3.63) is 21.9 Å². The van der Waals surface area contributed by atoms with Gasteiger partial charge in [-0.05, 0) is 19.1 Å². The Bertz CT molecular complexity index is 589. The molecule has 0 spiro atoms. The first-order valence-electron chi connectivity index (χ1n) is 6.80. The number of ether oxygens (including phenoxy) is 1. The molecule has 0 aliphatic carbocycles. The number of rotatable bonds is 8. The van der Waals surface area contributed by atoms with Crippen LogP contribution in [0.4, 0.5) is 0 Å². The standard InChI is InChI=1S/C15H18N2O4S/c1-11-4-6-13(22-11)12(18)5-7-15(20)21-10-14(19)17(2)9-3-8-16/h4,6H,3,5,7,9-10H2,1-2H3. The minimum absolute atomic E-state index is 0.0506. The van der Waals surface area contributed by atoms with E-state index in [-0.39, 0.29) is 37.6 Å². The van der Waals surface area contributed by atoms with Crippen molar-refractivity contribution >= 4 is 29.0 Å². The molecule has 1 rings (SSSR count). The van der Waals surface area contributed by atoms with Crippen molar-refractivity contribution in [1.82, 2.24) is 4.90 Å². The van der Waals surface area contributed by atoms with Gasteiger partial charge in [-0.15, -0.1) is 11.3 Å². The van der Waals surface area contributed by atoms with E-state index in [0.29, 0.717) is 11.4 Å². The molecule has 0 aromatic carbocycles. The summed E-state index contributed by atoms with van der Waals surface area (Å²) in [6, 6.07) is 5.52. The van der Waals surface area contributed by atoms with Crippen molar-refractivity contribution in [2.75, 3.05) is 20.2 Å². The van der Waals surface area contributed by atoms with Gasteiger partial charge in [0.15, 0.2) is 12.4 Å². The molecule has 118 valence electrons. The Morgan fingerprint density at radius 1 is 1.32 bits per heavy atom. The smallest absolute Gasteiger partial charge is 0.306 e. The second kappa shape index (κ2) is 8.95. The van der Waals surface area contributed by atoms with Gasteiger partial charge >= 0.3 is 5.97 Å². The lowest BCUT2D eigenvalue weighted by molar-refractivity contribution is -0.151. The summed E-state index contributed by atoms with van der Waals surface area (Å²) in [5, 5.41) is 8.43. The van der Waals surface area contributed by atoms with E-state index >= 15 is 0 Å². The van der Waals surface area contributed by atoms with E-state index in [1.807, 2.05) is 19.1 Å². The highest BCUT2D eigenvalue weighted by atomic mass is 32.1. The molecule has 0 unspecified atom stereocenters. The molecule has 0 saturated heterocycles. The van der Waals surface area contributed by atoms with E-state index in [2.05, 4.69) is 0 Å². The molecule has 0 aliphatic heterocycles. The number of carbonyl (C=O) groups is 3. The summed E-state index contributed by atoms with van der Waals surface area (Å²) in [5.74, 6) is -1.06. The van der Waals surface area contributed by atoms with Gasteiger partial charge in [-0.1, -0.05) is 0 Å². The van der Waals surface area contributed by atoms with E-state index in [9.17, 15) is 14.4 Å². The number of amides is 1. The molecule has 0 fully saturated rings. The summed E-state index contributed by atoms with van der Waals surface area (Å²) in [6.45, 7) is 1.83. The van der Waals surface area contributed by atoms with Gasteiger partial charge in [0.05, 0.1) is 23.8 Å². The third-order valence-corrected chi connectivity index (χ3v) is 3.95. The highest BCUT2D eigenvalue weighted by molar-refractivity contribution is 7.14. The Hall–Kier alpha value is -2.20. The zero-order valence-electron chi connectivity index (χ0n) is 12.6. The van der Waals surface area contributed by atoms with Crippen LogP contribution in [-0.2, 0) is 14.3 Å². The Balaban J connectivity index is 2.27. The molecule has 6 nitrogen and oxygen atoms in total. The van der Waals surface area contributed by atoms with Crippen LogP contribution >= 0.6 is 11.3 Å². The molecule has 1 aromatic heterocycles. The lowest BCUT2D eigenvalue weighted by atomic mass is 10.2. The average Bonchev–Trinajstić information content (AvgIpc) is 2.94. The lowest BCUT2D eigenvalue weighted by Gasteiger charge is -2.15. The number of thiophene rings is 1. The predicted molar refractivity (Wildman–Crippen MR) is 81.4 cm³/mol. The second-order valence-corrected chi connectivity index (χ2v) is 6.01. The topological polar surface area (TPSA) is 87.5 Å². The van der Waals surface area contributed by atoms with Crippen LogP contribution in [0.25, 0.3) is 0 Å². The van der Waals surface area contributed by atoms with Gasteiger partial charge in [-0.2, -0.15) is 5.26 Å². The zero-order valence-corrected chi connectivity index (χ0v) is 13.4. The van der Waals surface area contributed by atoms with E-state index in [0.717, 1.165) is 4.88 Å². The molecule has 0 radical (unpaired) electrons. The maximum absolute atomic E-state index is 11.8. The van der Waals surface area contributed by atoms with Gasteiger partial charge < -0.3 is 9.64 Å². The number of ketones is 1. The Morgan fingerprint density at radius 2 is 2.05 bits per heavy atom. The van der Waals surface area contributed by atoms with Gasteiger partial charge in [0.25, 0.3) is 5.91 Å². The summed E-state index contributed by atoms with van der Waals surface area (Å²) < 4.78 is 4.83. The minimum Gasteiger partial charge on any atom is -0.456 e.